The molecule has 0 spiro atoms. The molecule has 1 N–H and O–H groups in total. The first-order chi connectivity index (χ1) is 10.7. The number of likely N-dealkylation sites (tertiary alicyclic amines) is 1. The Balaban J connectivity index is 1.87. The quantitative estimate of drug-likeness (QED) is 0.794. The van der Waals surface area contributed by atoms with E-state index < -0.39 is 5.60 Å². The summed E-state index contributed by atoms with van der Waals surface area (Å²) < 4.78 is 6.31. The average Bonchev–Trinajstić information content (AvgIpc) is 2.45. The van der Waals surface area contributed by atoms with E-state index >= 15 is 0 Å². The summed E-state index contributed by atoms with van der Waals surface area (Å²) in [6, 6.07) is 3.96. The highest BCUT2D eigenvalue weighted by Gasteiger charge is 2.27. The zero-order chi connectivity index (χ0) is 17.0. The van der Waals surface area contributed by atoms with Crippen LogP contribution >= 0.6 is 15.9 Å². The molecule has 0 bridgehead atoms. The third kappa shape index (κ3) is 5.68. The van der Waals surface area contributed by atoms with Gasteiger partial charge in [0.25, 0.3) is 0 Å². The molecule has 0 saturated carbocycles. The fourth-order valence-corrected chi connectivity index (χ4v) is 3.09. The number of pyridine rings is 1. The smallest absolute Gasteiger partial charge is 0.410 e. The molecule has 128 valence electrons. The van der Waals surface area contributed by atoms with Crippen LogP contribution in [0.1, 0.15) is 39.3 Å². The highest BCUT2D eigenvalue weighted by Crippen LogP contribution is 2.21. The predicted molar refractivity (Wildman–Crippen MR) is 95.7 cm³/mol. The van der Waals surface area contributed by atoms with Crippen LogP contribution in [-0.4, -0.2) is 41.2 Å². The normalized spacial score (nSPS) is 18.7. The van der Waals surface area contributed by atoms with Crippen LogP contribution in [0.5, 0.6) is 0 Å². The molecular formula is C17H26BrN3O2. The van der Waals surface area contributed by atoms with Crippen LogP contribution in [0.2, 0.25) is 0 Å². The number of nitrogens with zero attached hydrogens (tertiary/aromatic N) is 2. The molecule has 1 aliphatic heterocycles. The molecule has 1 aliphatic rings. The van der Waals surface area contributed by atoms with E-state index in [-0.39, 0.29) is 6.09 Å². The first-order valence-corrected chi connectivity index (χ1v) is 8.89. The molecular weight excluding hydrogens is 358 g/mol. The Morgan fingerprint density at radius 2 is 2.22 bits per heavy atom. The van der Waals surface area contributed by atoms with Gasteiger partial charge in [-0.3, -0.25) is 0 Å². The van der Waals surface area contributed by atoms with E-state index in [0.717, 1.165) is 48.5 Å². The fraction of sp³-hybridized carbons (Fsp3) is 0.647. The van der Waals surface area contributed by atoms with E-state index in [2.05, 4.69) is 26.2 Å². The Kier molecular flexibility index (Phi) is 5.89. The van der Waals surface area contributed by atoms with Crippen LogP contribution < -0.4 is 5.32 Å². The van der Waals surface area contributed by atoms with Crippen LogP contribution in [0.25, 0.3) is 0 Å². The van der Waals surface area contributed by atoms with Gasteiger partial charge < -0.3 is 15.0 Å². The van der Waals surface area contributed by atoms with Crippen LogP contribution in [-0.2, 0) is 4.74 Å². The van der Waals surface area contributed by atoms with Crippen molar-refractivity contribution in [2.45, 2.75) is 46.1 Å². The summed E-state index contributed by atoms with van der Waals surface area (Å²) in [7, 11) is 0. The van der Waals surface area contributed by atoms with E-state index in [1.807, 2.05) is 44.7 Å². The van der Waals surface area contributed by atoms with Crippen molar-refractivity contribution in [3.05, 3.63) is 22.4 Å². The van der Waals surface area contributed by atoms with Gasteiger partial charge in [0.15, 0.2) is 0 Å². The number of carbonyl (C=O) groups is 1. The van der Waals surface area contributed by atoms with Crippen molar-refractivity contribution in [2.24, 2.45) is 5.92 Å². The lowest BCUT2D eigenvalue weighted by Crippen LogP contribution is -2.44. The Bertz CT molecular complexity index is 557. The molecule has 1 aromatic rings. The van der Waals surface area contributed by atoms with Gasteiger partial charge in [-0.05, 0) is 74.5 Å². The molecule has 2 heterocycles. The number of aryl methyl sites for hydroxylation is 1. The molecule has 23 heavy (non-hydrogen) atoms. The van der Waals surface area contributed by atoms with Crippen LogP contribution in [0.4, 0.5) is 10.5 Å². The maximum Gasteiger partial charge on any atom is 0.410 e. The molecule has 6 heteroatoms. The van der Waals surface area contributed by atoms with Gasteiger partial charge in [0, 0.05) is 19.6 Å². The van der Waals surface area contributed by atoms with E-state index in [1.165, 1.54) is 0 Å². The molecule has 1 unspecified atom stereocenters. The van der Waals surface area contributed by atoms with Gasteiger partial charge in [0.2, 0.25) is 0 Å². The first-order valence-electron chi connectivity index (χ1n) is 8.09. The third-order valence-corrected chi connectivity index (χ3v) is 4.25. The molecule has 1 aromatic heterocycles. The van der Waals surface area contributed by atoms with Crippen molar-refractivity contribution >= 4 is 27.7 Å². The van der Waals surface area contributed by atoms with Crippen molar-refractivity contribution in [1.82, 2.24) is 9.88 Å². The number of piperidine rings is 1. The molecule has 0 aromatic carbocycles. The minimum atomic E-state index is -0.442. The Labute approximate surface area is 146 Å². The minimum absolute atomic E-state index is 0.205. The topological polar surface area (TPSA) is 54.5 Å². The number of nitrogens with one attached hydrogen (secondary N) is 1. The molecule has 0 aliphatic carbocycles. The number of carbonyl (C=O) groups excluding carboxylic acids is 1. The van der Waals surface area contributed by atoms with Gasteiger partial charge >= 0.3 is 6.09 Å². The lowest BCUT2D eigenvalue weighted by atomic mass is 9.98. The number of hydrogen-bond donors (Lipinski definition) is 1. The summed E-state index contributed by atoms with van der Waals surface area (Å²) in [6.45, 7) is 10.0. The second-order valence-electron chi connectivity index (χ2n) is 7.08. The van der Waals surface area contributed by atoms with Crippen molar-refractivity contribution in [3.63, 3.8) is 0 Å². The third-order valence-electron chi connectivity index (χ3n) is 3.80. The summed E-state index contributed by atoms with van der Waals surface area (Å²) in [5, 5.41) is 3.46. The number of anilines is 1. The summed E-state index contributed by atoms with van der Waals surface area (Å²) >= 11 is 3.37. The van der Waals surface area contributed by atoms with Gasteiger partial charge in [-0.25, -0.2) is 9.78 Å². The predicted octanol–water partition coefficient (Wildman–Crippen LogP) is 4.21. The number of amides is 1. The lowest BCUT2D eigenvalue weighted by molar-refractivity contribution is 0.0172. The SMILES string of the molecule is Cc1nc(Br)ccc1NCC1CCCN(C(=O)OC(C)(C)C)C1. The fourth-order valence-electron chi connectivity index (χ4n) is 2.70. The number of halogens is 1. The van der Waals surface area contributed by atoms with Crippen LogP contribution in [0, 0.1) is 12.8 Å². The standard InChI is InChI=1S/C17H26BrN3O2/c1-12-14(7-8-15(18)20-12)19-10-13-6-5-9-21(11-13)16(22)23-17(2,3)4/h7-8,13,19H,5-6,9-11H2,1-4H3. The Morgan fingerprint density at radius 1 is 1.48 bits per heavy atom. The van der Waals surface area contributed by atoms with E-state index in [0.29, 0.717) is 5.92 Å². The molecule has 5 nitrogen and oxygen atoms in total. The van der Waals surface area contributed by atoms with Gasteiger partial charge in [0.1, 0.15) is 10.2 Å². The maximum atomic E-state index is 12.2. The van der Waals surface area contributed by atoms with E-state index in [1.54, 1.807) is 0 Å². The highest BCUT2D eigenvalue weighted by atomic mass is 79.9. The average molecular weight is 384 g/mol. The van der Waals surface area contributed by atoms with Crippen LogP contribution in [0.3, 0.4) is 0 Å². The number of aromatic nitrogens is 1. The van der Waals surface area contributed by atoms with Crippen molar-refractivity contribution < 1.29 is 9.53 Å². The number of rotatable bonds is 3. The second-order valence-corrected chi connectivity index (χ2v) is 7.89. The van der Waals surface area contributed by atoms with E-state index in [9.17, 15) is 4.79 Å². The van der Waals surface area contributed by atoms with Crippen molar-refractivity contribution in [3.8, 4) is 0 Å². The molecule has 2 rings (SSSR count). The first kappa shape index (κ1) is 18.0. The summed E-state index contributed by atoms with van der Waals surface area (Å²) in [4.78, 5) is 18.4. The molecule has 1 atom stereocenters. The summed E-state index contributed by atoms with van der Waals surface area (Å²) in [5.41, 5.74) is 1.57. The molecule has 1 fully saturated rings. The lowest BCUT2D eigenvalue weighted by Gasteiger charge is -2.34. The largest absolute Gasteiger partial charge is 0.444 e. The van der Waals surface area contributed by atoms with Crippen molar-refractivity contribution in [1.29, 1.82) is 0 Å². The molecule has 1 saturated heterocycles. The molecule has 1 amide bonds. The monoisotopic (exact) mass is 383 g/mol. The highest BCUT2D eigenvalue weighted by molar-refractivity contribution is 9.10. The number of ether oxygens (including phenoxy) is 1. The Hall–Kier alpha value is -1.30. The summed E-state index contributed by atoms with van der Waals surface area (Å²) in [5.74, 6) is 0.430. The van der Waals surface area contributed by atoms with Crippen LogP contribution in [0.15, 0.2) is 16.7 Å². The zero-order valence-corrected chi connectivity index (χ0v) is 15.9. The Morgan fingerprint density at radius 3 is 2.87 bits per heavy atom. The van der Waals surface area contributed by atoms with Crippen molar-refractivity contribution in [2.75, 3.05) is 25.0 Å². The zero-order valence-electron chi connectivity index (χ0n) is 14.4. The molecule has 0 radical (unpaired) electrons. The maximum absolute atomic E-state index is 12.2. The summed E-state index contributed by atoms with van der Waals surface area (Å²) in [6.07, 6.45) is 1.93. The number of hydrogen-bond acceptors (Lipinski definition) is 4. The van der Waals surface area contributed by atoms with Gasteiger partial charge in [-0.15, -0.1) is 0 Å². The van der Waals surface area contributed by atoms with Gasteiger partial charge in [0.05, 0.1) is 11.4 Å². The second kappa shape index (κ2) is 7.51. The van der Waals surface area contributed by atoms with Gasteiger partial charge in [-0.1, -0.05) is 0 Å². The van der Waals surface area contributed by atoms with E-state index in [4.69, 9.17) is 4.74 Å². The van der Waals surface area contributed by atoms with Gasteiger partial charge in [-0.2, -0.15) is 0 Å². The minimum Gasteiger partial charge on any atom is -0.444 e.